The molecule has 3 nitrogen and oxygen atoms in total. The molecule has 0 saturated carbocycles. The summed E-state index contributed by atoms with van der Waals surface area (Å²) < 4.78 is 28.0. The zero-order chi connectivity index (χ0) is 14.4. The van der Waals surface area contributed by atoms with E-state index >= 15 is 0 Å². The Morgan fingerprint density at radius 3 is 2.35 bits per heavy atom. The van der Waals surface area contributed by atoms with E-state index in [1.165, 1.54) is 17.7 Å². The number of benzene rings is 2. The summed E-state index contributed by atoms with van der Waals surface area (Å²) in [5.74, 6) is 0. The van der Waals surface area contributed by atoms with Crippen molar-refractivity contribution in [2.45, 2.75) is 17.9 Å². The average molecular weight is 311 g/mol. The van der Waals surface area contributed by atoms with Crippen LogP contribution < -0.4 is 0 Å². The summed E-state index contributed by atoms with van der Waals surface area (Å²) in [6.07, 6.45) is 0.828. The first kappa shape index (κ1) is 15.0. The molecule has 2 aromatic carbocycles. The van der Waals surface area contributed by atoms with Crippen molar-refractivity contribution in [2.24, 2.45) is 0 Å². The summed E-state index contributed by atoms with van der Waals surface area (Å²) in [4.78, 5) is 0.100. The molecule has 106 valence electrons. The average Bonchev–Trinajstić information content (AvgIpc) is 2.44. The van der Waals surface area contributed by atoms with Crippen LogP contribution in [0.2, 0.25) is 0 Å². The molecule has 0 saturated heterocycles. The number of hydrogen-bond acceptors (Lipinski definition) is 3. The maximum absolute atomic E-state index is 11.2. The van der Waals surface area contributed by atoms with Gasteiger partial charge in [-0.15, -0.1) is 0 Å². The van der Waals surface area contributed by atoms with E-state index in [0.717, 1.165) is 12.0 Å². The standard InChI is InChI=1S/C15H15ClO3S/c16-20(17,18)15-8-4-7-14(11-15)12-19-10-9-13-5-2-1-3-6-13/h1-8,11H,9-10,12H2. The fraction of sp³-hybridized carbons (Fsp3) is 0.200. The smallest absolute Gasteiger partial charge is 0.261 e. The predicted molar refractivity (Wildman–Crippen MR) is 79.3 cm³/mol. The second-order valence-electron chi connectivity index (χ2n) is 4.37. The summed E-state index contributed by atoms with van der Waals surface area (Å²) in [5.41, 5.74) is 2.00. The highest BCUT2D eigenvalue weighted by Gasteiger charge is 2.09. The molecule has 0 amide bonds. The minimum Gasteiger partial charge on any atom is -0.376 e. The van der Waals surface area contributed by atoms with Crippen LogP contribution in [0.1, 0.15) is 11.1 Å². The van der Waals surface area contributed by atoms with Gasteiger partial charge in [0.25, 0.3) is 9.05 Å². The number of rotatable bonds is 6. The second kappa shape index (κ2) is 6.88. The van der Waals surface area contributed by atoms with Gasteiger partial charge in [-0.25, -0.2) is 8.42 Å². The van der Waals surface area contributed by atoms with Gasteiger partial charge in [-0.05, 0) is 29.7 Å². The van der Waals surface area contributed by atoms with Crippen LogP contribution in [0.25, 0.3) is 0 Å². The summed E-state index contributed by atoms with van der Waals surface area (Å²) in [6, 6.07) is 16.5. The molecule has 2 rings (SSSR count). The first-order chi connectivity index (χ1) is 9.55. The largest absolute Gasteiger partial charge is 0.376 e. The van der Waals surface area contributed by atoms with Crippen LogP contribution in [0.15, 0.2) is 59.5 Å². The molecular weight excluding hydrogens is 296 g/mol. The van der Waals surface area contributed by atoms with Gasteiger partial charge >= 0.3 is 0 Å². The van der Waals surface area contributed by atoms with Crippen LogP contribution >= 0.6 is 10.7 Å². The SMILES string of the molecule is O=S(=O)(Cl)c1cccc(COCCc2ccccc2)c1. The third-order valence-corrected chi connectivity index (χ3v) is 4.18. The van der Waals surface area contributed by atoms with Gasteiger partial charge in [-0.2, -0.15) is 0 Å². The quantitative estimate of drug-likeness (QED) is 0.607. The van der Waals surface area contributed by atoms with Crippen LogP contribution in [0.4, 0.5) is 0 Å². The van der Waals surface area contributed by atoms with Gasteiger partial charge in [-0.3, -0.25) is 0 Å². The molecule has 2 aromatic rings. The van der Waals surface area contributed by atoms with Gasteiger partial charge < -0.3 is 4.74 Å². The highest BCUT2D eigenvalue weighted by atomic mass is 35.7. The van der Waals surface area contributed by atoms with E-state index in [-0.39, 0.29) is 4.90 Å². The molecule has 0 aliphatic carbocycles. The number of hydrogen-bond donors (Lipinski definition) is 0. The number of halogens is 1. The van der Waals surface area contributed by atoms with Crippen molar-refractivity contribution in [3.8, 4) is 0 Å². The molecule has 0 bridgehead atoms. The first-order valence-electron chi connectivity index (χ1n) is 6.21. The lowest BCUT2D eigenvalue weighted by molar-refractivity contribution is 0.123. The number of ether oxygens (including phenoxy) is 1. The summed E-state index contributed by atoms with van der Waals surface area (Å²) in [7, 11) is 1.62. The van der Waals surface area contributed by atoms with Crippen molar-refractivity contribution in [3.63, 3.8) is 0 Å². The van der Waals surface area contributed by atoms with E-state index in [1.807, 2.05) is 36.4 Å². The third kappa shape index (κ3) is 4.63. The van der Waals surface area contributed by atoms with E-state index in [1.54, 1.807) is 6.07 Å². The molecule has 0 atom stereocenters. The van der Waals surface area contributed by atoms with Gasteiger partial charge in [0.05, 0.1) is 18.1 Å². The minimum absolute atomic E-state index is 0.100. The maximum Gasteiger partial charge on any atom is 0.261 e. The third-order valence-electron chi connectivity index (χ3n) is 2.83. The van der Waals surface area contributed by atoms with Crippen molar-refractivity contribution < 1.29 is 13.2 Å². The first-order valence-corrected chi connectivity index (χ1v) is 8.52. The summed E-state index contributed by atoms with van der Waals surface area (Å²) in [5, 5.41) is 0. The van der Waals surface area contributed by atoms with Gasteiger partial charge in [0, 0.05) is 10.7 Å². The zero-order valence-corrected chi connectivity index (χ0v) is 12.4. The second-order valence-corrected chi connectivity index (χ2v) is 6.94. The molecule has 0 heterocycles. The predicted octanol–water partition coefficient (Wildman–Crippen LogP) is 3.37. The van der Waals surface area contributed by atoms with E-state index < -0.39 is 9.05 Å². The molecule has 0 radical (unpaired) electrons. The van der Waals surface area contributed by atoms with Crippen LogP contribution in [0.3, 0.4) is 0 Å². The Kier molecular flexibility index (Phi) is 5.17. The Labute approximate surface area is 123 Å². The van der Waals surface area contributed by atoms with Crippen molar-refractivity contribution in [1.82, 2.24) is 0 Å². The molecule has 0 aromatic heterocycles. The fourth-order valence-electron chi connectivity index (χ4n) is 1.81. The molecule has 5 heteroatoms. The van der Waals surface area contributed by atoms with Crippen molar-refractivity contribution in [3.05, 3.63) is 65.7 Å². The van der Waals surface area contributed by atoms with Crippen molar-refractivity contribution >= 4 is 19.7 Å². The molecule has 0 fully saturated rings. The zero-order valence-electron chi connectivity index (χ0n) is 10.8. The maximum atomic E-state index is 11.2. The molecule has 0 unspecified atom stereocenters. The Balaban J connectivity index is 1.86. The molecule has 0 N–H and O–H groups in total. The van der Waals surface area contributed by atoms with E-state index in [4.69, 9.17) is 15.4 Å². The van der Waals surface area contributed by atoms with Crippen LogP contribution in [-0.4, -0.2) is 15.0 Å². The van der Waals surface area contributed by atoms with Crippen molar-refractivity contribution in [2.75, 3.05) is 6.61 Å². The van der Waals surface area contributed by atoms with Crippen LogP contribution in [0, 0.1) is 0 Å². The molecule has 20 heavy (non-hydrogen) atoms. The lowest BCUT2D eigenvalue weighted by Gasteiger charge is -2.05. The van der Waals surface area contributed by atoms with Gasteiger partial charge in [-0.1, -0.05) is 42.5 Å². The molecule has 0 aliphatic rings. The topological polar surface area (TPSA) is 43.4 Å². The Hall–Kier alpha value is -1.36. The van der Waals surface area contributed by atoms with Crippen LogP contribution in [0.5, 0.6) is 0 Å². The Bertz CT molecular complexity index is 654. The van der Waals surface area contributed by atoms with Gasteiger partial charge in [0.15, 0.2) is 0 Å². The highest BCUT2D eigenvalue weighted by Crippen LogP contribution is 2.16. The van der Waals surface area contributed by atoms with E-state index in [0.29, 0.717) is 13.2 Å². The molecular formula is C15H15ClO3S. The monoisotopic (exact) mass is 310 g/mol. The lowest BCUT2D eigenvalue weighted by atomic mass is 10.2. The van der Waals surface area contributed by atoms with Gasteiger partial charge in [0.2, 0.25) is 0 Å². The Morgan fingerprint density at radius 1 is 0.950 bits per heavy atom. The summed E-state index contributed by atoms with van der Waals surface area (Å²) in [6.45, 7) is 0.953. The summed E-state index contributed by atoms with van der Waals surface area (Å²) >= 11 is 0. The molecule has 0 spiro atoms. The molecule has 0 aliphatic heterocycles. The lowest BCUT2D eigenvalue weighted by Crippen LogP contribution is -2.00. The van der Waals surface area contributed by atoms with E-state index in [2.05, 4.69) is 0 Å². The van der Waals surface area contributed by atoms with Crippen LogP contribution in [-0.2, 0) is 26.8 Å². The normalized spacial score (nSPS) is 11.4. The van der Waals surface area contributed by atoms with E-state index in [9.17, 15) is 8.42 Å². The van der Waals surface area contributed by atoms with Gasteiger partial charge in [0.1, 0.15) is 0 Å². The highest BCUT2D eigenvalue weighted by molar-refractivity contribution is 8.13. The minimum atomic E-state index is -3.68. The van der Waals surface area contributed by atoms with Crippen molar-refractivity contribution in [1.29, 1.82) is 0 Å². The fourth-order valence-corrected chi connectivity index (χ4v) is 2.63. The Morgan fingerprint density at radius 2 is 1.65 bits per heavy atom.